The number of amides is 1. The van der Waals surface area contributed by atoms with Gasteiger partial charge in [-0.05, 0) is 19.3 Å². The lowest BCUT2D eigenvalue weighted by atomic mass is 10.2. The van der Waals surface area contributed by atoms with Crippen LogP contribution in [0.5, 0.6) is 0 Å². The van der Waals surface area contributed by atoms with E-state index in [1.165, 1.54) is 0 Å². The highest BCUT2D eigenvalue weighted by atomic mass is 19.3. The van der Waals surface area contributed by atoms with Gasteiger partial charge < -0.3 is 14.6 Å². The maximum Gasteiger partial charge on any atom is 0.407 e. The fourth-order valence-corrected chi connectivity index (χ4v) is 2.42. The van der Waals surface area contributed by atoms with Crippen LogP contribution in [0.25, 0.3) is 0 Å². The molecule has 1 amide bonds. The van der Waals surface area contributed by atoms with E-state index in [0.29, 0.717) is 6.61 Å². The zero-order valence-corrected chi connectivity index (χ0v) is 9.93. The van der Waals surface area contributed by atoms with Gasteiger partial charge in [0.05, 0.1) is 18.7 Å². The van der Waals surface area contributed by atoms with Gasteiger partial charge in [0.1, 0.15) is 0 Å². The second-order valence-electron chi connectivity index (χ2n) is 4.63. The molecule has 3 atom stereocenters. The number of nitrogens with zero attached hydrogens (tertiary/aromatic N) is 1. The number of halogens is 2. The number of likely N-dealkylation sites (tertiary alicyclic amines) is 1. The summed E-state index contributed by atoms with van der Waals surface area (Å²) in [5.74, 6) is 0. The van der Waals surface area contributed by atoms with Crippen molar-refractivity contribution in [2.24, 2.45) is 0 Å². The van der Waals surface area contributed by atoms with Crippen molar-refractivity contribution in [3.63, 3.8) is 0 Å². The highest BCUT2D eigenvalue weighted by molar-refractivity contribution is 5.66. The molecule has 7 heteroatoms. The summed E-state index contributed by atoms with van der Waals surface area (Å²) in [5.41, 5.74) is 0. The van der Waals surface area contributed by atoms with Crippen molar-refractivity contribution in [2.75, 3.05) is 13.2 Å². The molecule has 0 aromatic heterocycles. The molecule has 18 heavy (non-hydrogen) atoms. The van der Waals surface area contributed by atoms with Gasteiger partial charge in [-0.3, -0.25) is 4.90 Å². The standard InChI is InChI=1S/C11H17F2NO4/c12-10(13)8-5-7(6-14(8)11(15)16)18-9-3-1-2-4-17-9/h7-10H,1-6H2,(H,15,16)/t7-,8-,9?/m0/s1. The van der Waals surface area contributed by atoms with Crippen LogP contribution in [-0.2, 0) is 9.47 Å². The number of alkyl halides is 2. The van der Waals surface area contributed by atoms with Crippen LogP contribution in [0.1, 0.15) is 25.7 Å². The highest BCUT2D eigenvalue weighted by Gasteiger charge is 2.42. The van der Waals surface area contributed by atoms with Gasteiger partial charge in [0.2, 0.25) is 0 Å². The topological polar surface area (TPSA) is 59.0 Å². The summed E-state index contributed by atoms with van der Waals surface area (Å²) >= 11 is 0. The van der Waals surface area contributed by atoms with E-state index in [-0.39, 0.29) is 19.3 Å². The molecule has 2 rings (SSSR count). The van der Waals surface area contributed by atoms with Gasteiger partial charge >= 0.3 is 6.09 Å². The molecular weight excluding hydrogens is 248 g/mol. The molecule has 1 unspecified atom stereocenters. The number of hydrogen-bond donors (Lipinski definition) is 1. The van der Waals surface area contributed by atoms with Crippen molar-refractivity contribution in [1.29, 1.82) is 0 Å². The first-order chi connectivity index (χ1) is 8.58. The quantitative estimate of drug-likeness (QED) is 0.847. The minimum atomic E-state index is -2.68. The predicted octanol–water partition coefficient (Wildman–Crippen LogP) is 1.92. The van der Waals surface area contributed by atoms with E-state index >= 15 is 0 Å². The molecule has 104 valence electrons. The number of carboxylic acid groups (broad SMARTS) is 1. The zero-order chi connectivity index (χ0) is 13.1. The van der Waals surface area contributed by atoms with E-state index in [0.717, 1.165) is 24.2 Å². The van der Waals surface area contributed by atoms with Crippen molar-refractivity contribution in [2.45, 2.75) is 50.5 Å². The molecule has 5 nitrogen and oxygen atoms in total. The molecule has 0 saturated carbocycles. The van der Waals surface area contributed by atoms with Gasteiger partial charge in [-0.1, -0.05) is 0 Å². The molecule has 2 heterocycles. The van der Waals surface area contributed by atoms with Crippen molar-refractivity contribution in [3.8, 4) is 0 Å². The van der Waals surface area contributed by atoms with E-state index in [2.05, 4.69) is 0 Å². The SMILES string of the molecule is O=C(O)N1C[C@@H](OC2CCCCO2)C[C@H]1C(F)F. The summed E-state index contributed by atoms with van der Waals surface area (Å²) in [4.78, 5) is 11.6. The first-order valence-corrected chi connectivity index (χ1v) is 6.12. The summed E-state index contributed by atoms with van der Waals surface area (Å²) in [6.07, 6.45) is -2.15. The lowest BCUT2D eigenvalue weighted by Gasteiger charge is -2.25. The smallest absolute Gasteiger partial charge is 0.407 e. The Labute approximate surface area is 104 Å². The van der Waals surface area contributed by atoms with Gasteiger partial charge in [-0.25, -0.2) is 13.6 Å². The fraction of sp³-hybridized carbons (Fsp3) is 0.909. The molecule has 2 aliphatic heterocycles. The van der Waals surface area contributed by atoms with Crippen molar-refractivity contribution in [1.82, 2.24) is 4.90 Å². The highest BCUT2D eigenvalue weighted by Crippen LogP contribution is 2.27. The van der Waals surface area contributed by atoms with Gasteiger partial charge in [0.25, 0.3) is 6.43 Å². The van der Waals surface area contributed by atoms with Crippen LogP contribution < -0.4 is 0 Å². The van der Waals surface area contributed by atoms with Gasteiger partial charge in [0.15, 0.2) is 6.29 Å². The summed E-state index contributed by atoms with van der Waals surface area (Å²) in [5, 5.41) is 8.86. The predicted molar refractivity (Wildman–Crippen MR) is 57.6 cm³/mol. The van der Waals surface area contributed by atoms with Gasteiger partial charge in [0, 0.05) is 13.0 Å². The summed E-state index contributed by atoms with van der Waals surface area (Å²) in [6, 6.07) is -1.27. The first kappa shape index (κ1) is 13.5. The van der Waals surface area contributed by atoms with Crippen LogP contribution >= 0.6 is 0 Å². The van der Waals surface area contributed by atoms with E-state index < -0.39 is 24.7 Å². The Morgan fingerprint density at radius 3 is 2.72 bits per heavy atom. The van der Waals surface area contributed by atoms with E-state index in [1.807, 2.05) is 0 Å². The van der Waals surface area contributed by atoms with Crippen LogP contribution in [0.15, 0.2) is 0 Å². The molecule has 0 aromatic carbocycles. The fourth-order valence-electron chi connectivity index (χ4n) is 2.42. The lowest BCUT2D eigenvalue weighted by Crippen LogP contribution is -2.39. The van der Waals surface area contributed by atoms with Crippen molar-refractivity contribution < 1.29 is 28.2 Å². The monoisotopic (exact) mass is 265 g/mol. The normalized spacial score (nSPS) is 33.1. The molecule has 2 aliphatic rings. The molecular formula is C11H17F2NO4. The molecule has 0 bridgehead atoms. The molecule has 2 saturated heterocycles. The minimum Gasteiger partial charge on any atom is -0.465 e. The molecule has 0 aromatic rings. The van der Waals surface area contributed by atoms with Gasteiger partial charge in [-0.2, -0.15) is 0 Å². The Balaban J connectivity index is 1.89. The number of hydrogen-bond acceptors (Lipinski definition) is 3. The summed E-state index contributed by atoms with van der Waals surface area (Å²) in [6.45, 7) is 0.600. The Kier molecular flexibility index (Phi) is 4.34. The van der Waals surface area contributed by atoms with Crippen LogP contribution in [0, 0.1) is 0 Å². The molecule has 0 radical (unpaired) electrons. The molecule has 0 aliphatic carbocycles. The average Bonchev–Trinajstić information content (AvgIpc) is 2.74. The largest absolute Gasteiger partial charge is 0.465 e. The zero-order valence-electron chi connectivity index (χ0n) is 9.93. The summed E-state index contributed by atoms with van der Waals surface area (Å²) < 4.78 is 36.3. The third kappa shape index (κ3) is 3.08. The Morgan fingerprint density at radius 2 is 2.22 bits per heavy atom. The maximum absolute atomic E-state index is 12.7. The van der Waals surface area contributed by atoms with Crippen LogP contribution in [0.4, 0.5) is 13.6 Å². The number of ether oxygens (including phenoxy) is 2. The van der Waals surface area contributed by atoms with Crippen LogP contribution in [0.2, 0.25) is 0 Å². The number of carbonyl (C=O) groups is 1. The minimum absolute atomic E-state index is 0.00972. The Hall–Kier alpha value is -0.950. The van der Waals surface area contributed by atoms with Crippen LogP contribution in [-0.4, -0.2) is 54.1 Å². The van der Waals surface area contributed by atoms with E-state index in [1.54, 1.807) is 0 Å². The van der Waals surface area contributed by atoms with E-state index in [4.69, 9.17) is 14.6 Å². The van der Waals surface area contributed by atoms with Crippen LogP contribution in [0.3, 0.4) is 0 Å². The second-order valence-corrected chi connectivity index (χ2v) is 4.63. The third-order valence-corrected chi connectivity index (χ3v) is 3.32. The Morgan fingerprint density at radius 1 is 1.44 bits per heavy atom. The maximum atomic E-state index is 12.7. The van der Waals surface area contributed by atoms with E-state index in [9.17, 15) is 13.6 Å². The van der Waals surface area contributed by atoms with Gasteiger partial charge in [-0.15, -0.1) is 0 Å². The molecule has 0 spiro atoms. The first-order valence-electron chi connectivity index (χ1n) is 6.12. The second kappa shape index (κ2) is 5.79. The number of rotatable bonds is 3. The summed E-state index contributed by atoms with van der Waals surface area (Å²) in [7, 11) is 0. The molecule has 1 N–H and O–H groups in total. The third-order valence-electron chi connectivity index (χ3n) is 3.32. The average molecular weight is 265 g/mol. The van der Waals surface area contributed by atoms with Crippen molar-refractivity contribution >= 4 is 6.09 Å². The lowest BCUT2D eigenvalue weighted by molar-refractivity contribution is -0.185. The Bertz CT molecular complexity index is 297. The van der Waals surface area contributed by atoms with Crippen molar-refractivity contribution in [3.05, 3.63) is 0 Å². The molecule has 2 fully saturated rings.